The Labute approximate surface area is 106 Å². The number of carbonyl (C=O) groups is 1. The molecular formula is C12H8BrNO3. The highest BCUT2D eigenvalue weighted by atomic mass is 79.9. The lowest BCUT2D eigenvalue weighted by Gasteiger charge is -2.04. The van der Waals surface area contributed by atoms with E-state index in [0.29, 0.717) is 5.75 Å². The van der Waals surface area contributed by atoms with E-state index >= 15 is 0 Å². The molecule has 1 aromatic heterocycles. The minimum Gasteiger partial charge on any atom is -0.478 e. The number of rotatable bonds is 3. The van der Waals surface area contributed by atoms with Crippen LogP contribution in [-0.4, -0.2) is 16.1 Å². The summed E-state index contributed by atoms with van der Waals surface area (Å²) in [7, 11) is 0. The van der Waals surface area contributed by atoms with Gasteiger partial charge in [-0.1, -0.05) is 15.9 Å². The summed E-state index contributed by atoms with van der Waals surface area (Å²) < 4.78 is 6.37. The molecule has 0 aliphatic rings. The third-order valence-corrected chi connectivity index (χ3v) is 2.55. The molecule has 1 N–H and O–H groups in total. The molecule has 0 aliphatic carbocycles. The van der Waals surface area contributed by atoms with E-state index in [1.807, 2.05) is 12.1 Å². The molecule has 5 heteroatoms. The van der Waals surface area contributed by atoms with Gasteiger partial charge in [-0.25, -0.2) is 9.78 Å². The highest BCUT2D eigenvalue weighted by molar-refractivity contribution is 9.10. The maximum absolute atomic E-state index is 10.8. The number of benzene rings is 1. The van der Waals surface area contributed by atoms with E-state index in [-0.39, 0.29) is 11.4 Å². The van der Waals surface area contributed by atoms with Crippen LogP contribution in [-0.2, 0) is 0 Å². The van der Waals surface area contributed by atoms with Crippen LogP contribution in [0.4, 0.5) is 0 Å². The number of nitrogens with zero attached hydrogens (tertiary/aromatic N) is 1. The molecule has 1 heterocycles. The summed E-state index contributed by atoms with van der Waals surface area (Å²) in [5.41, 5.74) is 0.145. The number of carboxylic acid groups (broad SMARTS) is 1. The summed E-state index contributed by atoms with van der Waals surface area (Å²) in [4.78, 5) is 14.7. The molecule has 17 heavy (non-hydrogen) atoms. The van der Waals surface area contributed by atoms with Crippen molar-refractivity contribution in [3.63, 3.8) is 0 Å². The number of pyridine rings is 1. The monoisotopic (exact) mass is 293 g/mol. The van der Waals surface area contributed by atoms with Gasteiger partial charge in [0, 0.05) is 16.7 Å². The zero-order chi connectivity index (χ0) is 12.3. The maximum Gasteiger partial charge on any atom is 0.335 e. The molecule has 1 aromatic carbocycles. The van der Waals surface area contributed by atoms with Gasteiger partial charge in [0.2, 0.25) is 5.88 Å². The lowest BCUT2D eigenvalue weighted by atomic mass is 10.3. The predicted molar refractivity (Wildman–Crippen MR) is 65.4 cm³/mol. The molecule has 0 bridgehead atoms. The molecule has 0 fully saturated rings. The van der Waals surface area contributed by atoms with Crippen LogP contribution >= 0.6 is 15.9 Å². The van der Waals surface area contributed by atoms with Crippen molar-refractivity contribution in [2.45, 2.75) is 0 Å². The minimum atomic E-state index is -1.01. The van der Waals surface area contributed by atoms with Gasteiger partial charge in [0.25, 0.3) is 0 Å². The van der Waals surface area contributed by atoms with Crippen LogP contribution in [0.1, 0.15) is 10.4 Å². The third kappa shape index (κ3) is 3.04. The van der Waals surface area contributed by atoms with Gasteiger partial charge in [-0.2, -0.15) is 0 Å². The second-order valence-electron chi connectivity index (χ2n) is 3.24. The van der Waals surface area contributed by atoms with Gasteiger partial charge in [0.05, 0.1) is 5.56 Å². The second-order valence-corrected chi connectivity index (χ2v) is 4.16. The fourth-order valence-corrected chi connectivity index (χ4v) is 1.49. The normalized spacial score (nSPS) is 9.94. The Bertz CT molecular complexity index is 540. The summed E-state index contributed by atoms with van der Waals surface area (Å²) in [6.45, 7) is 0. The van der Waals surface area contributed by atoms with Crippen LogP contribution in [0, 0.1) is 0 Å². The lowest BCUT2D eigenvalue weighted by molar-refractivity contribution is 0.0696. The number of hydrogen-bond acceptors (Lipinski definition) is 3. The van der Waals surface area contributed by atoms with E-state index < -0.39 is 5.97 Å². The molecule has 0 radical (unpaired) electrons. The van der Waals surface area contributed by atoms with Crippen molar-refractivity contribution in [2.24, 2.45) is 0 Å². The van der Waals surface area contributed by atoms with Crippen molar-refractivity contribution in [1.82, 2.24) is 4.98 Å². The van der Waals surface area contributed by atoms with Crippen molar-refractivity contribution in [3.05, 3.63) is 52.6 Å². The molecule has 2 aromatic rings. The third-order valence-electron chi connectivity index (χ3n) is 2.02. The molecule has 0 atom stereocenters. The van der Waals surface area contributed by atoms with Crippen LogP contribution in [0.5, 0.6) is 11.6 Å². The molecule has 86 valence electrons. The van der Waals surface area contributed by atoms with Gasteiger partial charge in [-0.05, 0) is 30.3 Å². The topological polar surface area (TPSA) is 59.4 Å². The van der Waals surface area contributed by atoms with Crippen LogP contribution < -0.4 is 4.74 Å². The highest BCUT2D eigenvalue weighted by Crippen LogP contribution is 2.22. The molecule has 4 nitrogen and oxygen atoms in total. The number of hydrogen-bond donors (Lipinski definition) is 1. The van der Waals surface area contributed by atoms with Crippen molar-refractivity contribution in [2.75, 3.05) is 0 Å². The lowest BCUT2D eigenvalue weighted by Crippen LogP contribution is -1.97. The SMILES string of the molecule is O=C(O)c1ccnc(Oc2ccc(Br)cc2)c1. The second kappa shape index (κ2) is 4.97. The van der Waals surface area contributed by atoms with E-state index in [1.165, 1.54) is 18.3 Å². The van der Waals surface area contributed by atoms with E-state index in [1.54, 1.807) is 12.1 Å². The van der Waals surface area contributed by atoms with Gasteiger partial charge in [-0.15, -0.1) is 0 Å². The number of carboxylic acids is 1. The summed E-state index contributed by atoms with van der Waals surface area (Å²) in [6.07, 6.45) is 1.40. The summed E-state index contributed by atoms with van der Waals surface area (Å²) in [6, 6.07) is 9.98. The molecule has 0 amide bonds. The molecule has 0 saturated heterocycles. The van der Waals surface area contributed by atoms with E-state index in [2.05, 4.69) is 20.9 Å². The number of aromatic nitrogens is 1. The number of aromatic carboxylic acids is 1. The minimum absolute atomic E-state index is 0.145. The van der Waals surface area contributed by atoms with E-state index in [4.69, 9.17) is 9.84 Å². The van der Waals surface area contributed by atoms with Crippen molar-refractivity contribution in [3.8, 4) is 11.6 Å². The average molecular weight is 294 g/mol. The van der Waals surface area contributed by atoms with E-state index in [0.717, 1.165) is 4.47 Å². The fraction of sp³-hybridized carbons (Fsp3) is 0. The Morgan fingerprint density at radius 3 is 2.59 bits per heavy atom. The first-order chi connectivity index (χ1) is 8.15. The van der Waals surface area contributed by atoms with Gasteiger partial charge < -0.3 is 9.84 Å². The summed E-state index contributed by atoms with van der Waals surface area (Å²) in [5.74, 6) is -0.150. The highest BCUT2D eigenvalue weighted by Gasteiger charge is 2.05. The van der Waals surface area contributed by atoms with Gasteiger partial charge >= 0.3 is 5.97 Å². The largest absolute Gasteiger partial charge is 0.478 e. The number of ether oxygens (including phenoxy) is 1. The van der Waals surface area contributed by atoms with Crippen LogP contribution in [0.25, 0.3) is 0 Å². The van der Waals surface area contributed by atoms with Gasteiger partial charge in [0.1, 0.15) is 5.75 Å². The van der Waals surface area contributed by atoms with Crippen LogP contribution in [0.3, 0.4) is 0 Å². The van der Waals surface area contributed by atoms with E-state index in [9.17, 15) is 4.79 Å². The smallest absolute Gasteiger partial charge is 0.335 e. The Morgan fingerprint density at radius 2 is 1.94 bits per heavy atom. The molecule has 2 rings (SSSR count). The first-order valence-electron chi connectivity index (χ1n) is 4.78. The predicted octanol–water partition coefficient (Wildman–Crippen LogP) is 3.33. The molecule has 0 saturated carbocycles. The van der Waals surface area contributed by atoms with Gasteiger partial charge in [-0.3, -0.25) is 0 Å². The van der Waals surface area contributed by atoms with Crippen LogP contribution in [0.2, 0.25) is 0 Å². The number of halogens is 1. The molecular weight excluding hydrogens is 286 g/mol. The maximum atomic E-state index is 10.8. The Morgan fingerprint density at radius 1 is 1.24 bits per heavy atom. The summed E-state index contributed by atoms with van der Waals surface area (Å²) in [5, 5.41) is 8.82. The summed E-state index contributed by atoms with van der Waals surface area (Å²) >= 11 is 3.31. The Kier molecular flexibility index (Phi) is 3.39. The average Bonchev–Trinajstić information content (AvgIpc) is 2.32. The quantitative estimate of drug-likeness (QED) is 0.943. The first kappa shape index (κ1) is 11.6. The molecule has 0 spiro atoms. The van der Waals surface area contributed by atoms with Crippen molar-refractivity contribution in [1.29, 1.82) is 0 Å². The zero-order valence-electron chi connectivity index (χ0n) is 8.63. The van der Waals surface area contributed by atoms with Crippen molar-refractivity contribution >= 4 is 21.9 Å². The van der Waals surface area contributed by atoms with Crippen molar-refractivity contribution < 1.29 is 14.6 Å². The molecule has 0 unspecified atom stereocenters. The van der Waals surface area contributed by atoms with Crippen LogP contribution in [0.15, 0.2) is 47.1 Å². The zero-order valence-corrected chi connectivity index (χ0v) is 10.2. The fourth-order valence-electron chi connectivity index (χ4n) is 1.22. The standard InChI is InChI=1S/C12H8BrNO3/c13-9-1-3-10(4-2-9)17-11-7-8(12(15)16)5-6-14-11/h1-7H,(H,15,16). The Balaban J connectivity index is 2.21. The van der Waals surface area contributed by atoms with Gasteiger partial charge in [0.15, 0.2) is 0 Å². The first-order valence-corrected chi connectivity index (χ1v) is 5.57. The molecule has 0 aliphatic heterocycles. The Hall–Kier alpha value is -1.88.